The van der Waals surface area contributed by atoms with E-state index in [1.54, 1.807) is 0 Å². The summed E-state index contributed by atoms with van der Waals surface area (Å²) < 4.78 is 11.1. The lowest BCUT2D eigenvalue weighted by Gasteiger charge is -2.31. The Hall–Kier alpha value is -3.52. The smallest absolute Gasteiger partial charge is 0.237 e. The third kappa shape index (κ3) is 3.77. The Morgan fingerprint density at radius 3 is 2.91 bits per heavy atom. The molecule has 0 saturated carbocycles. The number of carbonyl (C=O) groups is 2. The van der Waals surface area contributed by atoms with Gasteiger partial charge in [-0.15, -0.1) is 0 Å². The van der Waals surface area contributed by atoms with Gasteiger partial charge in [0.1, 0.15) is 0 Å². The predicted molar refractivity (Wildman–Crippen MR) is 127 cm³/mol. The van der Waals surface area contributed by atoms with Gasteiger partial charge in [-0.2, -0.15) is 0 Å². The summed E-state index contributed by atoms with van der Waals surface area (Å²) in [6, 6.07) is 13.6. The lowest BCUT2D eigenvalue weighted by atomic mass is 9.90. The number of fused-ring (bicyclic) bond motifs is 4. The number of likely N-dealkylation sites (tertiary alicyclic amines) is 1. The van der Waals surface area contributed by atoms with Crippen molar-refractivity contribution in [1.29, 1.82) is 0 Å². The van der Waals surface area contributed by atoms with E-state index in [2.05, 4.69) is 27.8 Å². The lowest BCUT2D eigenvalue weighted by molar-refractivity contribution is -0.127. The maximum atomic E-state index is 13.2. The zero-order valence-corrected chi connectivity index (χ0v) is 18.9. The summed E-state index contributed by atoms with van der Waals surface area (Å²) in [4.78, 5) is 30.4. The van der Waals surface area contributed by atoms with Crippen LogP contribution in [0.5, 0.6) is 11.5 Å². The highest BCUT2D eigenvalue weighted by Gasteiger charge is 2.34. The van der Waals surface area contributed by atoms with Gasteiger partial charge < -0.3 is 24.7 Å². The standard InChI is InChI=1S/C26H28N4O4/c31-23-7-3-11-30(23)12-4-10-27-26(32)20-14-18-17-5-1-2-6-19(17)28-25(18)24(29-20)16-8-9-21-22(13-16)34-15-33-21/h1-2,5-6,8-9,13,20,24,28-29H,3-4,7,10-12,14-15H2,(H,27,32)/t20-,24+/m0/s1. The minimum absolute atomic E-state index is 0.0191. The number of nitrogens with zero attached hydrogens (tertiary/aromatic N) is 1. The Morgan fingerprint density at radius 2 is 2.03 bits per heavy atom. The van der Waals surface area contributed by atoms with E-state index in [0.717, 1.165) is 53.0 Å². The number of aromatic nitrogens is 1. The number of hydrogen-bond donors (Lipinski definition) is 3. The second-order valence-electron chi connectivity index (χ2n) is 9.16. The maximum Gasteiger partial charge on any atom is 0.237 e. The molecule has 1 aromatic heterocycles. The van der Waals surface area contributed by atoms with Crippen LogP contribution in [0.25, 0.3) is 10.9 Å². The zero-order valence-electron chi connectivity index (χ0n) is 18.9. The molecule has 8 heteroatoms. The molecule has 0 unspecified atom stereocenters. The largest absolute Gasteiger partial charge is 0.454 e. The Labute approximate surface area is 197 Å². The van der Waals surface area contributed by atoms with E-state index in [-0.39, 0.29) is 30.7 Å². The Morgan fingerprint density at radius 1 is 1.15 bits per heavy atom. The highest BCUT2D eigenvalue weighted by Crippen LogP contribution is 2.39. The minimum Gasteiger partial charge on any atom is -0.454 e. The van der Waals surface area contributed by atoms with E-state index in [0.29, 0.717) is 25.9 Å². The first-order valence-corrected chi connectivity index (χ1v) is 12.0. The van der Waals surface area contributed by atoms with Gasteiger partial charge in [0, 0.05) is 42.7 Å². The number of rotatable bonds is 6. The molecule has 6 rings (SSSR count). The van der Waals surface area contributed by atoms with Gasteiger partial charge >= 0.3 is 0 Å². The molecule has 3 N–H and O–H groups in total. The van der Waals surface area contributed by atoms with Crippen molar-refractivity contribution in [1.82, 2.24) is 20.5 Å². The molecule has 3 aromatic rings. The number of amides is 2. The third-order valence-corrected chi connectivity index (χ3v) is 7.03. The quantitative estimate of drug-likeness (QED) is 0.492. The van der Waals surface area contributed by atoms with Crippen LogP contribution in [0.3, 0.4) is 0 Å². The monoisotopic (exact) mass is 460 g/mol. The first kappa shape index (κ1) is 21.0. The Balaban J connectivity index is 1.22. The first-order chi connectivity index (χ1) is 16.7. The van der Waals surface area contributed by atoms with E-state index in [9.17, 15) is 9.59 Å². The number of aromatic amines is 1. The molecular weight excluding hydrogens is 432 g/mol. The molecule has 0 aliphatic carbocycles. The van der Waals surface area contributed by atoms with E-state index in [1.807, 2.05) is 35.2 Å². The second kappa shape index (κ2) is 8.68. The first-order valence-electron chi connectivity index (χ1n) is 12.0. The van der Waals surface area contributed by atoms with Crippen molar-refractivity contribution < 1.29 is 19.1 Å². The molecule has 2 amide bonds. The SMILES string of the molecule is O=C(NCCCN1CCCC1=O)[C@@H]1Cc2c([nH]c3ccccc23)[C@@H](c2ccc3c(c2)OCO3)N1. The van der Waals surface area contributed by atoms with Gasteiger partial charge in [0.25, 0.3) is 0 Å². The van der Waals surface area contributed by atoms with Crippen molar-refractivity contribution in [3.05, 3.63) is 59.3 Å². The highest BCUT2D eigenvalue weighted by atomic mass is 16.7. The summed E-state index contributed by atoms with van der Waals surface area (Å²) in [6.45, 7) is 2.31. The second-order valence-corrected chi connectivity index (χ2v) is 9.16. The predicted octanol–water partition coefficient (Wildman–Crippen LogP) is 2.63. The molecule has 3 aliphatic rings. The van der Waals surface area contributed by atoms with Crippen LogP contribution in [0.4, 0.5) is 0 Å². The van der Waals surface area contributed by atoms with Crippen LogP contribution in [0.2, 0.25) is 0 Å². The van der Waals surface area contributed by atoms with Gasteiger partial charge in [0.05, 0.1) is 12.1 Å². The number of hydrogen-bond acceptors (Lipinski definition) is 5. The molecule has 0 spiro atoms. The summed E-state index contributed by atoms with van der Waals surface area (Å²) in [5, 5.41) is 7.79. The maximum absolute atomic E-state index is 13.2. The van der Waals surface area contributed by atoms with E-state index in [4.69, 9.17) is 9.47 Å². The molecule has 1 fully saturated rings. The number of ether oxygens (including phenoxy) is 2. The van der Waals surface area contributed by atoms with Crippen LogP contribution in [0, 0.1) is 0 Å². The van der Waals surface area contributed by atoms with E-state index < -0.39 is 0 Å². The molecule has 176 valence electrons. The van der Waals surface area contributed by atoms with Gasteiger partial charge in [-0.25, -0.2) is 0 Å². The average Bonchev–Trinajstić information content (AvgIpc) is 3.58. The summed E-state index contributed by atoms with van der Waals surface area (Å²) in [7, 11) is 0. The van der Waals surface area contributed by atoms with Crippen LogP contribution in [-0.2, 0) is 16.0 Å². The van der Waals surface area contributed by atoms with Crippen molar-refractivity contribution in [2.75, 3.05) is 26.4 Å². The molecule has 0 radical (unpaired) electrons. The van der Waals surface area contributed by atoms with Crippen molar-refractivity contribution in [2.24, 2.45) is 0 Å². The normalized spacial score (nSPS) is 21.2. The molecule has 34 heavy (non-hydrogen) atoms. The van der Waals surface area contributed by atoms with Crippen LogP contribution < -0.4 is 20.1 Å². The molecule has 1 saturated heterocycles. The lowest BCUT2D eigenvalue weighted by Crippen LogP contribution is -2.50. The molecule has 4 heterocycles. The summed E-state index contributed by atoms with van der Waals surface area (Å²) in [5.41, 5.74) is 4.33. The molecule has 2 atom stereocenters. The number of nitrogens with one attached hydrogen (secondary N) is 3. The number of H-pyrrole nitrogens is 1. The Bertz CT molecular complexity index is 1250. The average molecular weight is 461 g/mol. The van der Waals surface area contributed by atoms with Crippen LogP contribution in [-0.4, -0.2) is 54.2 Å². The van der Waals surface area contributed by atoms with E-state index in [1.165, 1.54) is 5.56 Å². The Kier molecular flexibility index (Phi) is 5.37. The van der Waals surface area contributed by atoms with Gasteiger partial charge in [-0.05, 0) is 48.6 Å². The summed E-state index contributed by atoms with van der Waals surface area (Å²) >= 11 is 0. The van der Waals surface area contributed by atoms with Crippen molar-refractivity contribution in [2.45, 2.75) is 37.8 Å². The molecule has 3 aliphatic heterocycles. The molecule has 0 bridgehead atoms. The number of benzene rings is 2. The fraction of sp³-hybridized carbons (Fsp3) is 0.385. The topological polar surface area (TPSA) is 95.7 Å². The van der Waals surface area contributed by atoms with Gasteiger partial charge in [0.15, 0.2) is 11.5 Å². The molecular formula is C26H28N4O4. The summed E-state index contributed by atoms with van der Waals surface area (Å²) in [5.74, 6) is 1.66. The van der Waals surface area contributed by atoms with Gasteiger partial charge in [-0.3, -0.25) is 14.9 Å². The highest BCUT2D eigenvalue weighted by molar-refractivity contribution is 5.88. The molecule has 8 nitrogen and oxygen atoms in total. The van der Waals surface area contributed by atoms with Crippen LogP contribution in [0.1, 0.15) is 42.1 Å². The van der Waals surface area contributed by atoms with Crippen LogP contribution in [0.15, 0.2) is 42.5 Å². The molecule has 2 aromatic carbocycles. The van der Waals surface area contributed by atoms with Gasteiger partial charge in [0.2, 0.25) is 18.6 Å². The minimum atomic E-state index is -0.365. The third-order valence-electron chi connectivity index (χ3n) is 7.03. The summed E-state index contributed by atoms with van der Waals surface area (Å²) in [6.07, 6.45) is 2.95. The van der Waals surface area contributed by atoms with Crippen molar-refractivity contribution in [3.63, 3.8) is 0 Å². The van der Waals surface area contributed by atoms with Crippen LogP contribution >= 0.6 is 0 Å². The fourth-order valence-electron chi connectivity index (χ4n) is 5.30. The fourth-order valence-corrected chi connectivity index (χ4v) is 5.30. The van der Waals surface area contributed by atoms with Crippen molar-refractivity contribution in [3.8, 4) is 11.5 Å². The van der Waals surface area contributed by atoms with Gasteiger partial charge in [-0.1, -0.05) is 24.3 Å². The van der Waals surface area contributed by atoms with Crippen molar-refractivity contribution >= 4 is 22.7 Å². The zero-order chi connectivity index (χ0) is 23.1. The number of para-hydroxylation sites is 1. The number of carbonyl (C=O) groups excluding carboxylic acids is 2. The van der Waals surface area contributed by atoms with E-state index >= 15 is 0 Å².